The molecule has 0 unspecified atom stereocenters. The van der Waals surface area contributed by atoms with Crippen molar-refractivity contribution in [2.75, 3.05) is 6.79 Å². The van der Waals surface area contributed by atoms with Crippen LogP contribution in [0, 0.1) is 0 Å². The number of aromatic nitrogens is 2. The zero-order chi connectivity index (χ0) is 17.4. The van der Waals surface area contributed by atoms with Crippen LogP contribution in [0.5, 0.6) is 11.5 Å². The van der Waals surface area contributed by atoms with Gasteiger partial charge in [-0.05, 0) is 49.7 Å². The Morgan fingerprint density at radius 3 is 2.84 bits per heavy atom. The maximum Gasteiger partial charge on any atom is 0.270 e. The van der Waals surface area contributed by atoms with Gasteiger partial charge in [0.05, 0.1) is 11.1 Å². The average Bonchev–Trinajstić information content (AvgIpc) is 3.08. The summed E-state index contributed by atoms with van der Waals surface area (Å²) in [7, 11) is 0. The molecular weight excluding hydrogens is 318 g/mol. The lowest BCUT2D eigenvalue weighted by Gasteiger charge is -2.27. The molecule has 3 aromatic rings. The SMILES string of the molecule is CC(C)(NC(=O)c1cc2ncccc2cn1)c1ccc2c(c1)OCO2. The second-order valence-electron chi connectivity index (χ2n) is 6.41. The molecule has 1 amide bonds. The van der Waals surface area contributed by atoms with Crippen molar-refractivity contribution in [2.45, 2.75) is 19.4 Å². The van der Waals surface area contributed by atoms with Crippen molar-refractivity contribution in [1.29, 1.82) is 0 Å². The molecule has 3 heterocycles. The molecule has 0 saturated carbocycles. The van der Waals surface area contributed by atoms with Gasteiger partial charge in [-0.15, -0.1) is 0 Å². The van der Waals surface area contributed by atoms with Gasteiger partial charge in [0, 0.05) is 17.8 Å². The topological polar surface area (TPSA) is 73.3 Å². The van der Waals surface area contributed by atoms with Crippen molar-refractivity contribution in [2.24, 2.45) is 0 Å². The number of rotatable bonds is 3. The van der Waals surface area contributed by atoms with Gasteiger partial charge in [-0.2, -0.15) is 0 Å². The van der Waals surface area contributed by atoms with Crippen LogP contribution in [0.4, 0.5) is 0 Å². The Labute approximate surface area is 144 Å². The summed E-state index contributed by atoms with van der Waals surface area (Å²) in [6, 6.07) is 11.1. The first-order valence-electron chi connectivity index (χ1n) is 7.96. The van der Waals surface area contributed by atoms with Gasteiger partial charge in [0.1, 0.15) is 5.69 Å². The number of carbonyl (C=O) groups is 1. The molecular formula is C19H17N3O3. The zero-order valence-corrected chi connectivity index (χ0v) is 13.9. The van der Waals surface area contributed by atoms with Gasteiger partial charge < -0.3 is 14.8 Å². The smallest absolute Gasteiger partial charge is 0.270 e. The van der Waals surface area contributed by atoms with Gasteiger partial charge in [-0.1, -0.05) is 6.07 Å². The highest BCUT2D eigenvalue weighted by Crippen LogP contribution is 2.35. The van der Waals surface area contributed by atoms with E-state index < -0.39 is 5.54 Å². The second-order valence-corrected chi connectivity index (χ2v) is 6.41. The highest BCUT2D eigenvalue weighted by molar-refractivity contribution is 5.95. The number of benzene rings is 1. The van der Waals surface area contributed by atoms with Crippen LogP contribution < -0.4 is 14.8 Å². The van der Waals surface area contributed by atoms with Crippen LogP contribution in [0.15, 0.2) is 48.8 Å². The number of carbonyl (C=O) groups excluding carboxylic acids is 1. The minimum absolute atomic E-state index is 0.222. The summed E-state index contributed by atoms with van der Waals surface area (Å²) in [5.41, 5.74) is 1.39. The molecule has 0 bridgehead atoms. The highest BCUT2D eigenvalue weighted by Gasteiger charge is 2.26. The molecule has 0 fully saturated rings. The first-order valence-corrected chi connectivity index (χ1v) is 7.96. The van der Waals surface area contributed by atoms with E-state index in [0.717, 1.165) is 16.5 Å². The molecule has 126 valence electrons. The fraction of sp³-hybridized carbons (Fsp3) is 0.211. The number of hydrogen-bond donors (Lipinski definition) is 1. The van der Waals surface area contributed by atoms with Crippen molar-refractivity contribution < 1.29 is 14.3 Å². The van der Waals surface area contributed by atoms with Crippen molar-refractivity contribution in [3.05, 3.63) is 60.0 Å². The average molecular weight is 335 g/mol. The van der Waals surface area contributed by atoms with Crippen LogP contribution in [0.25, 0.3) is 10.9 Å². The fourth-order valence-corrected chi connectivity index (χ4v) is 2.80. The Hall–Kier alpha value is -3.15. The number of nitrogens with zero attached hydrogens (tertiary/aromatic N) is 2. The van der Waals surface area contributed by atoms with E-state index in [-0.39, 0.29) is 12.7 Å². The Morgan fingerprint density at radius 1 is 1.12 bits per heavy atom. The van der Waals surface area contributed by atoms with Crippen LogP contribution in [0.1, 0.15) is 29.9 Å². The van der Waals surface area contributed by atoms with E-state index in [4.69, 9.17) is 9.47 Å². The van der Waals surface area contributed by atoms with E-state index >= 15 is 0 Å². The third-order valence-electron chi connectivity index (χ3n) is 4.24. The molecule has 6 nitrogen and oxygen atoms in total. The normalized spacial score (nSPS) is 13.0. The van der Waals surface area contributed by atoms with E-state index in [2.05, 4.69) is 15.3 Å². The van der Waals surface area contributed by atoms with Gasteiger partial charge in [-0.3, -0.25) is 14.8 Å². The number of amides is 1. The largest absolute Gasteiger partial charge is 0.454 e. The van der Waals surface area contributed by atoms with Crippen molar-refractivity contribution >= 4 is 16.8 Å². The Bertz CT molecular complexity index is 969. The number of fused-ring (bicyclic) bond motifs is 2. The zero-order valence-electron chi connectivity index (χ0n) is 13.9. The minimum atomic E-state index is -0.598. The van der Waals surface area contributed by atoms with Gasteiger partial charge in [0.15, 0.2) is 11.5 Å². The first kappa shape index (κ1) is 15.4. The summed E-state index contributed by atoms with van der Waals surface area (Å²) < 4.78 is 10.7. The van der Waals surface area contributed by atoms with E-state index in [1.807, 2.05) is 44.2 Å². The lowest BCUT2D eigenvalue weighted by Crippen LogP contribution is -2.41. The number of hydrogen-bond acceptors (Lipinski definition) is 5. The standard InChI is InChI=1S/C19H17N3O3/c1-19(2,13-5-6-16-17(8-13)25-11-24-16)22-18(23)15-9-14-12(10-21-15)4-3-7-20-14/h3-10H,11H2,1-2H3,(H,22,23). The summed E-state index contributed by atoms with van der Waals surface area (Å²) in [4.78, 5) is 21.2. The first-order chi connectivity index (χ1) is 12.0. The molecule has 25 heavy (non-hydrogen) atoms. The molecule has 0 radical (unpaired) electrons. The third-order valence-corrected chi connectivity index (χ3v) is 4.24. The molecule has 4 rings (SSSR count). The second kappa shape index (κ2) is 5.73. The van der Waals surface area contributed by atoms with Gasteiger partial charge in [0.25, 0.3) is 5.91 Å². The molecule has 1 N–H and O–H groups in total. The quantitative estimate of drug-likeness (QED) is 0.796. The molecule has 0 spiro atoms. The van der Waals surface area contributed by atoms with Crippen molar-refractivity contribution in [3.8, 4) is 11.5 Å². The van der Waals surface area contributed by atoms with E-state index in [0.29, 0.717) is 17.2 Å². The van der Waals surface area contributed by atoms with Gasteiger partial charge in [0.2, 0.25) is 6.79 Å². The number of ether oxygens (including phenoxy) is 2. The molecule has 1 aromatic carbocycles. The molecule has 1 aliphatic rings. The van der Waals surface area contributed by atoms with Crippen LogP contribution in [-0.2, 0) is 5.54 Å². The number of pyridine rings is 2. The summed E-state index contributed by atoms with van der Waals surface area (Å²) in [5, 5.41) is 3.92. The van der Waals surface area contributed by atoms with E-state index in [1.54, 1.807) is 18.5 Å². The van der Waals surface area contributed by atoms with Crippen LogP contribution in [0.3, 0.4) is 0 Å². The monoisotopic (exact) mass is 335 g/mol. The molecule has 1 aliphatic heterocycles. The molecule has 0 aliphatic carbocycles. The Morgan fingerprint density at radius 2 is 1.96 bits per heavy atom. The fourth-order valence-electron chi connectivity index (χ4n) is 2.80. The van der Waals surface area contributed by atoms with E-state index in [1.165, 1.54) is 0 Å². The van der Waals surface area contributed by atoms with Gasteiger partial charge >= 0.3 is 0 Å². The molecule has 0 saturated heterocycles. The summed E-state index contributed by atoms with van der Waals surface area (Å²) in [6.45, 7) is 4.09. The van der Waals surface area contributed by atoms with Gasteiger partial charge in [-0.25, -0.2) is 0 Å². The summed E-state index contributed by atoms with van der Waals surface area (Å²) in [5.74, 6) is 1.15. The molecule has 6 heteroatoms. The summed E-state index contributed by atoms with van der Waals surface area (Å²) in [6.07, 6.45) is 3.35. The van der Waals surface area contributed by atoms with Crippen LogP contribution in [-0.4, -0.2) is 22.7 Å². The molecule has 2 aromatic heterocycles. The lowest BCUT2D eigenvalue weighted by atomic mass is 9.93. The van der Waals surface area contributed by atoms with Crippen LogP contribution >= 0.6 is 0 Å². The third kappa shape index (κ3) is 2.87. The maximum atomic E-state index is 12.7. The highest BCUT2D eigenvalue weighted by atomic mass is 16.7. The lowest BCUT2D eigenvalue weighted by molar-refractivity contribution is 0.0907. The van der Waals surface area contributed by atoms with Crippen molar-refractivity contribution in [3.63, 3.8) is 0 Å². The predicted molar refractivity (Wildman–Crippen MR) is 92.6 cm³/mol. The Kier molecular flexibility index (Phi) is 3.53. The van der Waals surface area contributed by atoms with Crippen molar-refractivity contribution in [1.82, 2.24) is 15.3 Å². The minimum Gasteiger partial charge on any atom is -0.454 e. The van der Waals surface area contributed by atoms with E-state index in [9.17, 15) is 4.79 Å². The molecule has 0 atom stereocenters. The predicted octanol–water partition coefficient (Wildman–Crippen LogP) is 3.02. The Balaban J connectivity index is 1.59. The summed E-state index contributed by atoms with van der Waals surface area (Å²) >= 11 is 0. The van der Waals surface area contributed by atoms with Crippen LogP contribution in [0.2, 0.25) is 0 Å². The maximum absolute atomic E-state index is 12.7. The number of nitrogens with one attached hydrogen (secondary N) is 1.